The number of aryl methyl sites for hydroxylation is 1. The Bertz CT molecular complexity index is 820. The molecule has 0 atom stereocenters. The first-order valence-electron chi connectivity index (χ1n) is 14.7. The van der Waals surface area contributed by atoms with Crippen molar-refractivity contribution in [3.05, 3.63) is 71.8 Å². The molecule has 0 amide bonds. The average molecular weight is 472 g/mol. The third kappa shape index (κ3) is 9.48. The lowest BCUT2D eigenvalue weighted by atomic mass is 9.69. The number of nitrogens with zero attached hydrogens (tertiary/aromatic N) is 1. The van der Waals surface area contributed by atoms with Gasteiger partial charge in [0.15, 0.2) is 0 Å². The number of hydrogen-bond acceptors (Lipinski definition) is 1. The first-order valence-corrected chi connectivity index (χ1v) is 14.7. The number of rotatable bonds is 13. The van der Waals surface area contributed by atoms with Gasteiger partial charge in [-0.25, -0.2) is 0 Å². The molecular formula is C34H49N. The molecule has 0 N–H and O–H groups in total. The lowest BCUT2D eigenvalue weighted by Crippen LogP contribution is -2.22. The molecule has 190 valence electrons. The van der Waals surface area contributed by atoms with E-state index >= 15 is 0 Å². The highest BCUT2D eigenvalue weighted by Gasteiger charge is 2.29. The van der Waals surface area contributed by atoms with Gasteiger partial charge in [-0.2, -0.15) is 5.26 Å². The molecule has 1 heteroatoms. The molecule has 35 heavy (non-hydrogen) atoms. The largest absolute Gasteiger partial charge is 0.193 e. The Kier molecular flexibility index (Phi) is 12.4. The molecule has 0 radical (unpaired) electrons. The zero-order valence-corrected chi connectivity index (χ0v) is 22.4. The van der Waals surface area contributed by atoms with E-state index in [9.17, 15) is 0 Å². The van der Waals surface area contributed by atoms with Gasteiger partial charge in [0, 0.05) is 6.08 Å². The molecule has 0 spiro atoms. The summed E-state index contributed by atoms with van der Waals surface area (Å²) in [5, 5.41) is 8.53. The van der Waals surface area contributed by atoms with Crippen LogP contribution in [-0.2, 0) is 6.42 Å². The molecule has 2 aliphatic carbocycles. The van der Waals surface area contributed by atoms with Crippen LogP contribution < -0.4 is 0 Å². The van der Waals surface area contributed by atoms with Crippen molar-refractivity contribution in [1.82, 2.24) is 0 Å². The van der Waals surface area contributed by atoms with E-state index in [0.717, 1.165) is 30.1 Å². The van der Waals surface area contributed by atoms with Crippen LogP contribution in [0.4, 0.5) is 0 Å². The number of allylic oxidation sites excluding steroid dienone is 5. The van der Waals surface area contributed by atoms with Gasteiger partial charge in [-0.1, -0.05) is 87.3 Å². The van der Waals surface area contributed by atoms with Crippen molar-refractivity contribution < 1.29 is 0 Å². The minimum absolute atomic E-state index is 0.754. The van der Waals surface area contributed by atoms with Crippen LogP contribution in [0.25, 0.3) is 0 Å². The summed E-state index contributed by atoms with van der Waals surface area (Å²) in [5.74, 6) is 3.15. The number of nitriles is 1. The van der Waals surface area contributed by atoms with Crippen LogP contribution in [0.2, 0.25) is 0 Å². The van der Waals surface area contributed by atoms with Crippen molar-refractivity contribution >= 4 is 0 Å². The molecule has 1 aromatic carbocycles. The summed E-state index contributed by atoms with van der Waals surface area (Å²) in [4.78, 5) is 0. The summed E-state index contributed by atoms with van der Waals surface area (Å²) < 4.78 is 0. The topological polar surface area (TPSA) is 23.8 Å². The fourth-order valence-corrected chi connectivity index (χ4v) is 6.45. The molecule has 2 aliphatic rings. The van der Waals surface area contributed by atoms with Gasteiger partial charge in [-0.3, -0.25) is 0 Å². The van der Waals surface area contributed by atoms with Crippen molar-refractivity contribution in [1.29, 1.82) is 5.26 Å². The van der Waals surface area contributed by atoms with E-state index in [1.165, 1.54) is 108 Å². The van der Waals surface area contributed by atoms with Gasteiger partial charge in [-0.05, 0) is 112 Å². The zero-order chi connectivity index (χ0) is 24.7. The lowest BCUT2D eigenvalue weighted by Gasteiger charge is -2.36. The zero-order valence-electron chi connectivity index (χ0n) is 22.4. The minimum Gasteiger partial charge on any atom is -0.193 e. The second kappa shape index (κ2) is 15.8. The quantitative estimate of drug-likeness (QED) is 0.121. The molecular weight excluding hydrogens is 422 g/mol. The van der Waals surface area contributed by atoms with Gasteiger partial charge in [0.25, 0.3) is 0 Å². The lowest BCUT2D eigenvalue weighted by molar-refractivity contribution is 0.260. The van der Waals surface area contributed by atoms with E-state index in [0.29, 0.717) is 0 Å². The fourth-order valence-electron chi connectivity index (χ4n) is 6.45. The van der Waals surface area contributed by atoms with Crippen molar-refractivity contribution in [3.63, 3.8) is 0 Å². The first-order chi connectivity index (χ1) is 17.2. The highest BCUT2D eigenvalue weighted by molar-refractivity contribution is 5.26. The summed E-state index contributed by atoms with van der Waals surface area (Å²) in [7, 11) is 0. The van der Waals surface area contributed by atoms with Crippen LogP contribution in [0.1, 0.15) is 120 Å². The van der Waals surface area contributed by atoms with Gasteiger partial charge in [0.1, 0.15) is 0 Å². The molecule has 3 rings (SSSR count). The molecule has 2 saturated carbocycles. The van der Waals surface area contributed by atoms with Crippen molar-refractivity contribution in [2.45, 2.75) is 116 Å². The third-order valence-electron chi connectivity index (χ3n) is 8.80. The summed E-state index contributed by atoms with van der Waals surface area (Å²) in [5.41, 5.74) is 4.68. The van der Waals surface area contributed by atoms with E-state index in [4.69, 9.17) is 5.26 Å². The third-order valence-corrected chi connectivity index (χ3v) is 8.80. The Balaban J connectivity index is 1.34. The molecule has 0 aliphatic heterocycles. The van der Waals surface area contributed by atoms with Gasteiger partial charge in [0.2, 0.25) is 0 Å². The fraction of sp³-hybridized carbons (Fsp3) is 0.618. The Morgan fingerprint density at radius 2 is 1.54 bits per heavy atom. The second-order valence-corrected chi connectivity index (χ2v) is 11.2. The number of unbranched alkanes of at least 4 members (excludes halogenated alkanes) is 4. The van der Waals surface area contributed by atoms with Crippen molar-refractivity contribution in [2.24, 2.45) is 17.8 Å². The normalized spacial score (nSPS) is 25.1. The molecule has 1 nitrogen and oxygen atoms in total. The maximum Gasteiger partial charge on any atom is 0.0912 e. The Morgan fingerprint density at radius 1 is 0.886 bits per heavy atom. The molecule has 0 unspecified atom stereocenters. The van der Waals surface area contributed by atoms with Gasteiger partial charge >= 0.3 is 0 Å². The molecule has 0 aromatic heterocycles. The summed E-state index contributed by atoms with van der Waals surface area (Å²) in [6.07, 6.45) is 28.9. The van der Waals surface area contributed by atoms with Crippen LogP contribution in [0.5, 0.6) is 0 Å². The van der Waals surface area contributed by atoms with Crippen molar-refractivity contribution in [2.75, 3.05) is 0 Å². The predicted molar refractivity (Wildman–Crippen MR) is 151 cm³/mol. The Hall–Kier alpha value is -2.07. The van der Waals surface area contributed by atoms with E-state index in [2.05, 4.69) is 43.8 Å². The van der Waals surface area contributed by atoms with Crippen LogP contribution in [0.15, 0.2) is 60.7 Å². The molecule has 1 aromatic rings. The van der Waals surface area contributed by atoms with E-state index in [1.807, 2.05) is 18.2 Å². The maximum atomic E-state index is 8.53. The van der Waals surface area contributed by atoms with Crippen molar-refractivity contribution in [3.8, 4) is 6.07 Å². The number of benzene rings is 1. The van der Waals surface area contributed by atoms with Crippen LogP contribution in [0, 0.1) is 29.1 Å². The van der Waals surface area contributed by atoms with E-state index < -0.39 is 0 Å². The molecule has 2 fully saturated rings. The summed E-state index contributed by atoms with van der Waals surface area (Å²) >= 11 is 0. The standard InChI is InChI=1S/C34H49N/c1-3-4-5-7-10-13-30-17-21-33(22-18-30)34-25-23-32(24-26-34)28(2)31-19-15-29(16-20-31)14-11-8-6-9-12-27-35/h6,8-9,12,17-18,21-22,29,31-32,34H,2-5,7,10-11,13-16,19-20,23-26H2,1H3. The van der Waals surface area contributed by atoms with Gasteiger partial charge in [-0.15, -0.1) is 0 Å². The van der Waals surface area contributed by atoms with Crippen LogP contribution >= 0.6 is 0 Å². The van der Waals surface area contributed by atoms with E-state index in [1.54, 1.807) is 11.1 Å². The number of hydrogen-bond donors (Lipinski definition) is 0. The Morgan fingerprint density at radius 3 is 2.20 bits per heavy atom. The highest BCUT2D eigenvalue weighted by Crippen LogP contribution is 2.44. The maximum absolute atomic E-state index is 8.53. The Labute approximate surface area is 216 Å². The SMILES string of the molecule is C=C(C1CCC(CCC=CC=CC#N)CC1)C1CCC(c2ccc(CCCCCCC)cc2)CC1. The first kappa shape index (κ1) is 27.5. The van der Waals surface area contributed by atoms with Gasteiger partial charge in [0.05, 0.1) is 6.07 Å². The smallest absolute Gasteiger partial charge is 0.0912 e. The van der Waals surface area contributed by atoms with Crippen LogP contribution in [0.3, 0.4) is 0 Å². The molecule has 0 heterocycles. The highest BCUT2D eigenvalue weighted by atomic mass is 14.3. The predicted octanol–water partition coefficient (Wildman–Crippen LogP) is 10.3. The molecule has 0 saturated heterocycles. The van der Waals surface area contributed by atoms with Crippen LogP contribution in [-0.4, -0.2) is 0 Å². The van der Waals surface area contributed by atoms with E-state index in [-0.39, 0.29) is 0 Å². The molecule has 0 bridgehead atoms. The summed E-state index contributed by atoms with van der Waals surface area (Å²) in [6, 6.07) is 11.7. The minimum atomic E-state index is 0.754. The van der Waals surface area contributed by atoms with Gasteiger partial charge < -0.3 is 0 Å². The average Bonchev–Trinajstić information content (AvgIpc) is 2.91. The second-order valence-electron chi connectivity index (χ2n) is 11.2. The summed E-state index contributed by atoms with van der Waals surface area (Å²) in [6.45, 7) is 6.93. The monoisotopic (exact) mass is 471 g/mol.